The first-order valence-electron chi connectivity index (χ1n) is 8.82. The van der Waals surface area contributed by atoms with Crippen LogP contribution in [0.1, 0.15) is 16.5 Å². The third kappa shape index (κ3) is 4.76. The van der Waals surface area contributed by atoms with Crippen LogP contribution in [0.25, 0.3) is 10.2 Å². The van der Waals surface area contributed by atoms with E-state index in [0.717, 1.165) is 28.2 Å². The number of thiazole rings is 1. The maximum Gasteiger partial charge on any atom is 0.277 e. The van der Waals surface area contributed by atoms with Gasteiger partial charge in [-0.3, -0.25) is 4.79 Å². The third-order valence-corrected chi connectivity index (χ3v) is 5.88. The first kappa shape index (κ1) is 18.6. The summed E-state index contributed by atoms with van der Waals surface area (Å²) >= 11 is 2.91. The molecule has 1 amide bonds. The Morgan fingerprint density at radius 1 is 1.14 bits per heavy atom. The van der Waals surface area contributed by atoms with Gasteiger partial charge >= 0.3 is 0 Å². The number of carbonyl (C=O) groups is 1. The van der Waals surface area contributed by atoms with Crippen LogP contribution >= 0.6 is 23.1 Å². The van der Waals surface area contributed by atoms with Gasteiger partial charge in [-0.25, -0.2) is 4.98 Å². The number of nitrogens with one attached hydrogen (secondary N) is 1. The van der Waals surface area contributed by atoms with Gasteiger partial charge < -0.3 is 9.73 Å². The Balaban J connectivity index is 1.27. The van der Waals surface area contributed by atoms with Crippen molar-refractivity contribution in [1.82, 2.24) is 15.2 Å². The highest BCUT2D eigenvalue weighted by molar-refractivity contribution is 7.99. The van der Waals surface area contributed by atoms with Gasteiger partial charge in [0.15, 0.2) is 0 Å². The number of carbonyl (C=O) groups excluding carboxylic acids is 1. The Bertz CT molecular complexity index is 1070. The van der Waals surface area contributed by atoms with E-state index in [1.807, 2.05) is 49.4 Å². The molecule has 1 N–H and O–H groups in total. The Labute approximate surface area is 170 Å². The topological polar surface area (TPSA) is 80.9 Å². The monoisotopic (exact) mass is 410 g/mol. The van der Waals surface area contributed by atoms with E-state index in [4.69, 9.17) is 4.42 Å². The van der Waals surface area contributed by atoms with E-state index in [2.05, 4.69) is 26.6 Å². The molecule has 8 heteroatoms. The SMILES string of the molecule is Cc1cccc(NC(=O)CSc2nnc(CCc3nc4ccccc4s3)o2)c1. The van der Waals surface area contributed by atoms with Gasteiger partial charge in [-0.05, 0) is 36.8 Å². The molecule has 4 aromatic rings. The number of nitrogens with zero attached hydrogens (tertiary/aromatic N) is 3. The highest BCUT2D eigenvalue weighted by atomic mass is 32.2. The number of anilines is 1. The average Bonchev–Trinajstić information content (AvgIpc) is 3.31. The Morgan fingerprint density at radius 2 is 2.04 bits per heavy atom. The number of benzene rings is 2. The molecule has 0 radical (unpaired) electrons. The Hall–Kier alpha value is -2.71. The minimum absolute atomic E-state index is 0.107. The second-order valence-electron chi connectivity index (χ2n) is 6.24. The molecule has 0 saturated carbocycles. The summed E-state index contributed by atoms with van der Waals surface area (Å²) in [6.45, 7) is 1.98. The number of amides is 1. The molecule has 0 bridgehead atoms. The fraction of sp³-hybridized carbons (Fsp3) is 0.200. The van der Waals surface area contributed by atoms with Crippen molar-refractivity contribution >= 4 is 44.9 Å². The number of rotatable bonds is 7. The molecule has 2 aromatic carbocycles. The van der Waals surface area contributed by atoms with E-state index in [0.29, 0.717) is 17.5 Å². The lowest BCUT2D eigenvalue weighted by Gasteiger charge is -2.04. The maximum absolute atomic E-state index is 12.1. The maximum atomic E-state index is 12.1. The second kappa shape index (κ2) is 8.53. The summed E-state index contributed by atoms with van der Waals surface area (Å²) in [5, 5.41) is 12.4. The molecule has 142 valence electrons. The zero-order valence-corrected chi connectivity index (χ0v) is 16.8. The van der Waals surface area contributed by atoms with Crippen molar-refractivity contribution in [3.05, 3.63) is 65.0 Å². The number of aromatic nitrogens is 3. The number of aryl methyl sites for hydroxylation is 3. The summed E-state index contributed by atoms with van der Waals surface area (Å²) in [7, 11) is 0. The zero-order chi connectivity index (χ0) is 19.3. The smallest absolute Gasteiger partial charge is 0.277 e. The largest absolute Gasteiger partial charge is 0.416 e. The third-order valence-electron chi connectivity index (χ3n) is 3.97. The van der Waals surface area contributed by atoms with Gasteiger partial charge in [-0.2, -0.15) is 0 Å². The van der Waals surface area contributed by atoms with E-state index in [1.54, 1.807) is 11.3 Å². The van der Waals surface area contributed by atoms with Gasteiger partial charge in [0.05, 0.1) is 21.0 Å². The number of para-hydroxylation sites is 1. The fourth-order valence-corrected chi connectivity index (χ4v) is 4.23. The average molecular weight is 411 g/mol. The van der Waals surface area contributed by atoms with Crippen molar-refractivity contribution in [3.63, 3.8) is 0 Å². The summed E-state index contributed by atoms with van der Waals surface area (Å²) in [6, 6.07) is 15.8. The molecule has 28 heavy (non-hydrogen) atoms. The van der Waals surface area contributed by atoms with Crippen LogP contribution in [0.15, 0.2) is 58.2 Å². The molecule has 0 unspecified atom stereocenters. The molecule has 0 aliphatic carbocycles. The van der Waals surface area contributed by atoms with Crippen LogP contribution in [0, 0.1) is 6.92 Å². The van der Waals surface area contributed by atoms with Gasteiger partial charge in [-0.15, -0.1) is 21.5 Å². The lowest BCUT2D eigenvalue weighted by atomic mass is 10.2. The van der Waals surface area contributed by atoms with Crippen LogP contribution in [0.3, 0.4) is 0 Å². The number of thioether (sulfide) groups is 1. The van der Waals surface area contributed by atoms with Crippen molar-refractivity contribution < 1.29 is 9.21 Å². The van der Waals surface area contributed by atoms with E-state index in [1.165, 1.54) is 16.5 Å². The first-order valence-corrected chi connectivity index (χ1v) is 10.6. The van der Waals surface area contributed by atoms with E-state index >= 15 is 0 Å². The molecule has 4 rings (SSSR count). The first-order chi connectivity index (χ1) is 13.7. The van der Waals surface area contributed by atoms with Gasteiger partial charge in [0.25, 0.3) is 5.22 Å². The highest BCUT2D eigenvalue weighted by Crippen LogP contribution is 2.23. The van der Waals surface area contributed by atoms with Crippen LogP contribution in [-0.4, -0.2) is 26.8 Å². The molecule has 0 aliphatic rings. The highest BCUT2D eigenvalue weighted by Gasteiger charge is 2.11. The number of hydrogen-bond donors (Lipinski definition) is 1. The molecule has 0 fully saturated rings. The molecule has 6 nitrogen and oxygen atoms in total. The Morgan fingerprint density at radius 3 is 2.89 bits per heavy atom. The lowest BCUT2D eigenvalue weighted by molar-refractivity contribution is -0.113. The summed E-state index contributed by atoms with van der Waals surface area (Å²) < 4.78 is 6.82. The molecule has 0 spiro atoms. The van der Waals surface area contributed by atoms with Crippen LogP contribution in [-0.2, 0) is 17.6 Å². The standard InChI is InChI=1S/C20H18N4O2S2/c1-13-5-4-6-14(11-13)21-17(25)12-27-20-24-23-18(26-20)9-10-19-22-15-7-2-3-8-16(15)28-19/h2-8,11H,9-10,12H2,1H3,(H,21,25). The quantitative estimate of drug-likeness (QED) is 0.452. The van der Waals surface area contributed by atoms with Gasteiger partial charge in [-0.1, -0.05) is 36.0 Å². The predicted molar refractivity (Wildman–Crippen MR) is 112 cm³/mol. The lowest BCUT2D eigenvalue weighted by Crippen LogP contribution is -2.13. The summed E-state index contributed by atoms with van der Waals surface area (Å²) in [6.07, 6.45) is 1.38. The zero-order valence-electron chi connectivity index (χ0n) is 15.2. The molecule has 2 aromatic heterocycles. The molecule has 0 saturated heterocycles. The van der Waals surface area contributed by atoms with Crippen molar-refractivity contribution in [2.45, 2.75) is 25.0 Å². The van der Waals surface area contributed by atoms with Crippen LogP contribution in [0.5, 0.6) is 0 Å². The summed E-state index contributed by atoms with van der Waals surface area (Å²) in [5.74, 6) is 0.665. The second-order valence-corrected chi connectivity index (χ2v) is 8.29. The molecular formula is C20H18N4O2S2. The van der Waals surface area contributed by atoms with Gasteiger partial charge in [0.2, 0.25) is 11.8 Å². The number of fused-ring (bicyclic) bond motifs is 1. The minimum Gasteiger partial charge on any atom is -0.416 e. The van der Waals surface area contributed by atoms with Crippen molar-refractivity contribution in [2.75, 3.05) is 11.1 Å². The Kier molecular flexibility index (Phi) is 5.68. The molecule has 2 heterocycles. The fourth-order valence-electron chi connectivity index (χ4n) is 2.69. The molecular weight excluding hydrogens is 392 g/mol. The van der Waals surface area contributed by atoms with E-state index in [-0.39, 0.29) is 11.7 Å². The van der Waals surface area contributed by atoms with Crippen molar-refractivity contribution in [2.24, 2.45) is 0 Å². The van der Waals surface area contributed by atoms with Crippen LogP contribution in [0.2, 0.25) is 0 Å². The van der Waals surface area contributed by atoms with Gasteiger partial charge in [0, 0.05) is 18.5 Å². The molecule has 0 atom stereocenters. The summed E-state index contributed by atoms with van der Waals surface area (Å²) in [5.41, 5.74) is 2.90. The van der Waals surface area contributed by atoms with Gasteiger partial charge in [0.1, 0.15) is 0 Å². The molecule has 0 aliphatic heterocycles. The number of hydrogen-bond acceptors (Lipinski definition) is 7. The van der Waals surface area contributed by atoms with E-state index < -0.39 is 0 Å². The van der Waals surface area contributed by atoms with Crippen LogP contribution in [0.4, 0.5) is 5.69 Å². The summed E-state index contributed by atoms with van der Waals surface area (Å²) in [4.78, 5) is 16.7. The van der Waals surface area contributed by atoms with Crippen LogP contribution < -0.4 is 5.32 Å². The normalized spacial score (nSPS) is 11.0. The minimum atomic E-state index is -0.107. The van der Waals surface area contributed by atoms with Crippen molar-refractivity contribution in [3.8, 4) is 0 Å². The predicted octanol–water partition coefficient (Wildman–Crippen LogP) is 4.50. The van der Waals surface area contributed by atoms with Crippen molar-refractivity contribution in [1.29, 1.82) is 0 Å². The van der Waals surface area contributed by atoms with E-state index in [9.17, 15) is 4.79 Å².